The average molecular weight is 631 g/mol. The highest BCUT2D eigenvalue weighted by Gasteiger charge is 2.33. The molecule has 16 nitrogen and oxygen atoms in total. The van der Waals surface area contributed by atoms with Crippen molar-refractivity contribution in [2.75, 3.05) is 26.2 Å². The summed E-state index contributed by atoms with van der Waals surface area (Å²) in [5, 5.41) is 20.7. The molecule has 0 rings (SSSR count). The van der Waals surface area contributed by atoms with Gasteiger partial charge in [0.05, 0.1) is 12.1 Å². The Balaban J connectivity index is 5.76. The van der Waals surface area contributed by atoms with Crippen LogP contribution in [-0.4, -0.2) is 97.1 Å². The predicted molar refractivity (Wildman–Crippen MR) is 168 cm³/mol. The fraction of sp³-hybridized carbons (Fsp3) is 0.821. The molecule has 0 spiro atoms. The number of hydrogen-bond donors (Lipinski definition) is 11. The number of aliphatic hydroxyl groups is 1. The second-order valence-corrected chi connectivity index (χ2v) is 11.1. The molecule has 0 fully saturated rings. The maximum Gasteiger partial charge on any atom is 0.245 e. The molecule has 17 N–H and O–H groups in total. The largest absolute Gasteiger partial charge is 0.391 e. The Morgan fingerprint density at radius 2 is 0.909 bits per heavy atom. The number of nitrogens with one attached hydrogen (secondary N) is 4. The molecule has 0 saturated heterocycles. The zero-order valence-electron chi connectivity index (χ0n) is 26.2. The van der Waals surface area contributed by atoms with E-state index in [1.54, 1.807) is 0 Å². The van der Waals surface area contributed by atoms with Gasteiger partial charge in [0.1, 0.15) is 24.2 Å². The van der Waals surface area contributed by atoms with E-state index in [0.29, 0.717) is 84.0 Å². The van der Waals surface area contributed by atoms with Crippen molar-refractivity contribution in [3.63, 3.8) is 0 Å². The number of carbonyl (C=O) groups is 5. The predicted octanol–water partition coefficient (Wildman–Crippen LogP) is -3.37. The van der Waals surface area contributed by atoms with Gasteiger partial charge in [0.25, 0.3) is 0 Å². The van der Waals surface area contributed by atoms with Gasteiger partial charge in [-0.2, -0.15) is 0 Å². The quantitative estimate of drug-likeness (QED) is 0.0419. The molecule has 256 valence electrons. The summed E-state index contributed by atoms with van der Waals surface area (Å²) in [5.74, 6) is -3.42. The number of nitrogens with two attached hydrogens (primary N) is 6. The van der Waals surface area contributed by atoms with Crippen LogP contribution in [0.3, 0.4) is 0 Å². The third-order valence-electron chi connectivity index (χ3n) is 7.14. The fourth-order valence-electron chi connectivity index (χ4n) is 4.41. The maximum atomic E-state index is 13.4. The van der Waals surface area contributed by atoms with Gasteiger partial charge in [-0.3, -0.25) is 24.0 Å². The molecule has 16 heteroatoms. The summed E-state index contributed by atoms with van der Waals surface area (Å²) in [6.45, 7) is 2.95. The van der Waals surface area contributed by atoms with Crippen molar-refractivity contribution in [3.05, 3.63) is 0 Å². The topological polar surface area (TPSA) is 310 Å². The monoisotopic (exact) mass is 630 g/mol. The van der Waals surface area contributed by atoms with Gasteiger partial charge in [-0.05, 0) is 104 Å². The van der Waals surface area contributed by atoms with E-state index in [0.717, 1.165) is 0 Å². The minimum Gasteiger partial charge on any atom is -0.391 e. The molecule has 0 aliphatic rings. The van der Waals surface area contributed by atoms with Gasteiger partial charge in [0.15, 0.2) is 0 Å². The van der Waals surface area contributed by atoms with Crippen LogP contribution in [-0.2, 0) is 24.0 Å². The first-order chi connectivity index (χ1) is 20.9. The van der Waals surface area contributed by atoms with Crippen LogP contribution in [0.25, 0.3) is 0 Å². The minimum absolute atomic E-state index is 0.175. The molecular weight excluding hydrogens is 572 g/mol. The molecule has 5 amide bonds. The highest BCUT2D eigenvalue weighted by molar-refractivity contribution is 5.95. The lowest BCUT2D eigenvalue weighted by molar-refractivity contribution is -0.136. The fourth-order valence-corrected chi connectivity index (χ4v) is 4.41. The average Bonchev–Trinajstić information content (AvgIpc) is 2.97. The lowest BCUT2D eigenvalue weighted by atomic mass is 10.0. The first-order valence-electron chi connectivity index (χ1n) is 15.7. The molecule has 0 saturated carbocycles. The molecule has 0 unspecified atom stereocenters. The van der Waals surface area contributed by atoms with E-state index >= 15 is 0 Å². The Hall–Kier alpha value is -2.89. The number of hydrogen-bond acceptors (Lipinski definition) is 11. The Kier molecular flexibility index (Phi) is 22.8. The van der Waals surface area contributed by atoms with E-state index in [1.807, 2.05) is 0 Å². The second-order valence-electron chi connectivity index (χ2n) is 11.1. The van der Waals surface area contributed by atoms with E-state index in [-0.39, 0.29) is 19.3 Å². The molecule has 0 aromatic carbocycles. The molecule has 44 heavy (non-hydrogen) atoms. The summed E-state index contributed by atoms with van der Waals surface area (Å²) in [6, 6.07) is -5.40. The number of aliphatic hydroxyl groups excluding tert-OH is 1. The van der Waals surface area contributed by atoms with Gasteiger partial charge in [0, 0.05) is 0 Å². The standard InChI is InChI=1S/C28H58N10O6/c1-18(39)23(28(44)35-20(24(34)40)11-3-7-15-30)38-27(43)22(13-5-9-17-32)37-26(42)21(12-4-8-16-31)36-25(41)19(33)10-2-6-14-29/h18-23,39H,2-17,29-33H2,1H3,(H2,34,40)(H,35,44)(H,36,41)(H,37,42)(H,38,43)/t18-,19+,20+,21+,22+,23+/m1/s1. The van der Waals surface area contributed by atoms with Crippen LogP contribution >= 0.6 is 0 Å². The third kappa shape index (κ3) is 17.4. The molecule has 6 atom stereocenters. The summed E-state index contributed by atoms with van der Waals surface area (Å²) in [6.07, 6.45) is 4.45. The van der Waals surface area contributed by atoms with Crippen molar-refractivity contribution in [2.45, 2.75) is 120 Å². The van der Waals surface area contributed by atoms with Crippen LogP contribution in [0.1, 0.15) is 84.0 Å². The van der Waals surface area contributed by atoms with E-state index in [2.05, 4.69) is 21.3 Å². The van der Waals surface area contributed by atoms with Crippen molar-refractivity contribution in [3.8, 4) is 0 Å². The molecule has 0 heterocycles. The zero-order valence-corrected chi connectivity index (χ0v) is 26.2. The lowest BCUT2D eigenvalue weighted by Crippen LogP contribution is -2.60. The van der Waals surface area contributed by atoms with E-state index in [1.165, 1.54) is 6.92 Å². The van der Waals surface area contributed by atoms with Gasteiger partial charge in [-0.25, -0.2) is 0 Å². The third-order valence-corrected chi connectivity index (χ3v) is 7.14. The molecule has 0 bridgehead atoms. The van der Waals surface area contributed by atoms with Gasteiger partial charge in [0.2, 0.25) is 29.5 Å². The highest BCUT2D eigenvalue weighted by Crippen LogP contribution is 2.08. The maximum absolute atomic E-state index is 13.4. The highest BCUT2D eigenvalue weighted by atomic mass is 16.3. The Bertz CT molecular complexity index is 863. The van der Waals surface area contributed by atoms with Crippen LogP contribution in [0, 0.1) is 0 Å². The number of amides is 5. The van der Waals surface area contributed by atoms with E-state index in [4.69, 9.17) is 34.4 Å². The molecule has 0 aromatic heterocycles. The van der Waals surface area contributed by atoms with Crippen LogP contribution in [0.2, 0.25) is 0 Å². The van der Waals surface area contributed by atoms with E-state index < -0.39 is 65.8 Å². The molecule has 0 aliphatic carbocycles. The Morgan fingerprint density at radius 1 is 0.545 bits per heavy atom. The molecular formula is C28H58N10O6. The number of primary amides is 1. The van der Waals surface area contributed by atoms with Crippen LogP contribution in [0.15, 0.2) is 0 Å². The normalized spacial score (nSPS) is 15.2. The summed E-state index contributed by atoms with van der Waals surface area (Å²) in [7, 11) is 0. The van der Waals surface area contributed by atoms with E-state index in [9.17, 15) is 29.1 Å². The molecule has 0 aromatic rings. The van der Waals surface area contributed by atoms with Crippen molar-refractivity contribution in [2.24, 2.45) is 34.4 Å². The number of unbranched alkanes of at least 4 members (excludes halogenated alkanes) is 4. The summed E-state index contributed by atoms with van der Waals surface area (Å²) >= 11 is 0. The smallest absolute Gasteiger partial charge is 0.245 e. The van der Waals surface area contributed by atoms with Crippen molar-refractivity contribution in [1.82, 2.24) is 21.3 Å². The van der Waals surface area contributed by atoms with Crippen LogP contribution < -0.4 is 55.7 Å². The van der Waals surface area contributed by atoms with Crippen molar-refractivity contribution in [1.29, 1.82) is 0 Å². The minimum atomic E-state index is -1.45. The van der Waals surface area contributed by atoms with Crippen molar-refractivity contribution < 1.29 is 29.1 Å². The lowest BCUT2D eigenvalue weighted by Gasteiger charge is -2.27. The molecule has 0 radical (unpaired) electrons. The molecule has 0 aliphatic heterocycles. The summed E-state index contributed by atoms with van der Waals surface area (Å²) in [4.78, 5) is 64.4. The summed E-state index contributed by atoms with van der Waals surface area (Å²) in [5.41, 5.74) is 33.7. The van der Waals surface area contributed by atoms with Gasteiger partial charge in [-0.1, -0.05) is 6.42 Å². The zero-order chi connectivity index (χ0) is 33.5. The van der Waals surface area contributed by atoms with Gasteiger partial charge in [-0.15, -0.1) is 0 Å². The van der Waals surface area contributed by atoms with Gasteiger partial charge >= 0.3 is 0 Å². The first kappa shape index (κ1) is 41.1. The first-order valence-corrected chi connectivity index (χ1v) is 15.7. The SMILES string of the molecule is C[C@@H](O)[C@H](NC(=O)[C@H](CCCCN)NC(=O)[C@H](CCCCN)NC(=O)[C@@H](N)CCCCN)C(=O)N[C@@H](CCCCN)C(N)=O. The van der Waals surface area contributed by atoms with Crippen LogP contribution in [0.4, 0.5) is 0 Å². The second kappa shape index (κ2) is 24.4. The Morgan fingerprint density at radius 3 is 1.32 bits per heavy atom. The number of rotatable bonds is 26. The van der Waals surface area contributed by atoms with Crippen molar-refractivity contribution >= 4 is 29.5 Å². The number of carbonyl (C=O) groups excluding carboxylic acids is 5. The van der Waals surface area contributed by atoms with Gasteiger partial charge < -0.3 is 60.8 Å². The Labute approximate surface area is 260 Å². The summed E-state index contributed by atoms with van der Waals surface area (Å²) < 4.78 is 0. The van der Waals surface area contributed by atoms with Crippen LogP contribution in [0.5, 0.6) is 0 Å².